The first kappa shape index (κ1) is 15.0. The molecule has 1 aromatic heterocycles. The van der Waals surface area contributed by atoms with E-state index in [0.29, 0.717) is 6.04 Å². The van der Waals surface area contributed by atoms with E-state index in [2.05, 4.69) is 64.3 Å². The molecular weight excluding hydrogens is 246 g/mol. The molecule has 3 nitrogen and oxygen atoms in total. The Bertz CT molecular complexity index is 602. The molecular formula is C17H27N3. The predicted octanol–water partition coefficient (Wildman–Crippen LogP) is 3.84. The van der Waals surface area contributed by atoms with E-state index in [4.69, 9.17) is 10.7 Å². The van der Waals surface area contributed by atoms with Crippen molar-refractivity contribution in [1.82, 2.24) is 9.55 Å². The molecule has 0 saturated carbocycles. The third-order valence-electron chi connectivity index (χ3n) is 3.95. The second-order valence-corrected chi connectivity index (χ2v) is 7.16. The third kappa shape index (κ3) is 2.88. The van der Waals surface area contributed by atoms with Crippen LogP contribution in [0, 0.1) is 12.3 Å². The summed E-state index contributed by atoms with van der Waals surface area (Å²) in [5, 5.41) is 0. The first-order valence-electron chi connectivity index (χ1n) is 7.43. The fourth-order valence-electron chi connectivity index (χ4n) is 2.48. The number of nitrogens with two attached hydrogens (primary N) is 1. The molecule has 1 heterocycles. The number of fused-ring (bicyclic) bond motifs is 1. The molecule has 2 rings (SSSR count). The summed E-state index contributed by atoms with van der Waals surface area (Å²) in [4.78, 5) is 4.83. The highest BCUT2D eigenvalue weighted by atomic mass is 15.1. The number of benzene rings is 1. The maximum absolute atomic E-state index is 6.35. The Balaban J connectivity index is 2.49. The highest BCUT2D eigenvalue weighted by molar-refractivity contribution is 5.77. The van der Waals surface area contributed by atoms with Gasteiger partial charge in [-0.1, -0.05) is 26.8 Å². The smallest absolute Gasteiger partial charge is 0.111 e. The maximum atomic E-state index is 6.35. The summed E-state index contributed by atoms with van der Waals surface area (Å²) in [5.41, 5.74) is 9.98. The van der Waals surface area contributed by atoms with Crippen molar-refractivity contribution in [1.29, 1.82) is 0 Å². The van der Waals surface area contributed by atoms with Crippen LogP contribution in [-0.2, 0) is 6.42 Å². The number of nitrogens with zero attached hydrogens (tertiary/aromatic N) is 2. The Morgan fingerprint density at radius 2 is 1.90 bits per heavy atom. The van der Waals surface area contributed by atoms with Crippen LogP contribution in [0.4, 0.5) is 0 Å². The lowest BCUT2D eigenvalue weighted by Crippen LogP contribution is -2.37. The number of hydrogen-bond donors (Lipinski definition) is 1. The average Bonchev–Trinajstić information content (AvgIpc) is 2.64. The molecule has 0 saturated heterocycles. The van der Waals surface area contributed by atoms with E-state index >= 15 is 0 Å². The van der Waals surface area contributed by atoms with E-state index in [0.717, 1.165) is 17.8 Å². The quantitative estimate of drug-likeness (QED) is 0.923. The van der Waals surface area contributed by atoms with E-state index in [1.54, 1.807) is 0 Å². The molecule has 0 aliphatic rings. The zero-order chi connectivity index (χ0) is 15.1. The van der Waals surface area contributed by atoms with Gasteiger partial charge >= 0.3 is 0 Å². The van der Waals surface area contributed by atoms with E-state index in [1.807, 2.05) is 0 Å². The van der Waals surface area contributed by atoms with Gasteiger partial charge in [0.05, 0.1) is 11.0 Å². The van der Waals surface area contributed by atoms with Gasteiger partial charge in [-0.15, -0.1) is 0 Å². The summed E-state index contributed by atoms with van der Waals surface area (Å²) < 4.78 is 2.32. The number of rotatable bonds is 3. The Labute approximate surface area is 122 Å². The molecule has 20 heavy (non-hydrogen) atoms. The number of aryl methyl sites for hydroxylation is 1. The standard InChI is InChI=1S/C17H27N3/c1-11(2)20-14-8-7-12(3)9-13(14)19-16(20)10-15(18)17(4,5)6/h7-9,11,15H,10,18H2,1-6H3. The molecule has 0 aliphatic carbocycles. The lowest BCUT2D eigenvalue weighted by Gasteiger charge is -2.27. The largest absolute Gasteiger partial charge is 0.327 e. The van der Waals surface area contributed by atoms with Crippen molar-refractivity contribution in [3.8, 4) is 0 Å². The van der Waals surface area contributed by atoms with E-state index in [1.165, 1.54) is 11.1 Å². The van der Waals surface area contributed by atoms with Gasteiger partial charge < -0.3 is 10.3 Å². The molecule has 0 spiro atoms. The Morgan fingerprint density at radius 1 is 1.25 bits per heavy atom. The Kier molecular flexibility index (Phi) is 3.92. The minimum Gasteiger partial charge on any atom is -0.327 e. The number of imidazole rings is 1. The van der Waals surface area contributed by atoms with Crippen LogP contribution in [0.1, 0.15) is 52.0 Å². The zero-order valence-electron chi connectivity index (χ0n) is 13.6. The number of hydrogen-bond acceptors (Lipinski definition) is 2. The van der Waals surface area contributed by atoms with Crippen molar-refractivity contribution in [3.63, 3.8) is 0 Å². The van der Waals surface area contributed by atoms with Crippen LogP contribution in [0.3, 0.4) is 0 Å². The van der Waals surface area contributed by atoms with Gasteiger partial charge in [0, 0.05) is 18.5 Å². The highest BCUT2D eigenvalue weighted by Gasteiger charge is 2.24. The van der Waals surface area contributed by atoms with Crippen molar-refractivity contribution in [2.24, 2.45) is 11.1 Å². The second-order valence-electron chi connectivity index (χ2n) is 7.16. The van der Waals surface area contributed by atoms with Gasteiger partial charge in [0.15, 0.2) is 0 Å². The van der Waals surface area contributed by atoms with Gasteiger partial charge in [0.1, 0.15) is 5.82 Å². The Hall–Kier alpha value is -1.35. The van der Waals surface area contributed by atoms with E-state index in [-0.39, 0.29) is 11.5 Å². The van der Waals surface area contributed by atoms with Crippen molar-refractivity contribution < 1.29 is 0 Å². The third-order valence-corrected chi connectivity index (χ3v) is 3.95. The van der Waals surface area contributed by atoms with Gasteiger partial charge in [0.25, 0.3) is 0 Å². The molecule has 110 valence electrons. The molecule has 1 aromatic carbocycles. The molecule has 0 bridgehead atoms. The van der Waals surface area contributed by atoms with Crippen molar-refractivity contribution >= 4 is 11.0 Å². The molecule has 0 aliphatic heterocycles. The molecule has 1 atom stereocenters. The maximum Gasteiger partial charge on any atom is 0.111 e. The van der Waals surface area contributed by atoms with Crippen LogP contribution in [0.25, 0.3) is 11.0 Å². The summed E-state index contributed by atoms with van der Waals surface area (Å²) in [6.07, 6.45) is 0.815. The van der Waals surface area contributed by atoms with Gasteiger partial charge in [-0.05, 0) is 43.9 Å². The monoisotopic (exact) mass is 273 g/mol. The molecule has 2 N–H and O–H groups in total. The average molecular weight is 273 g/mol. The van der Waals surface area contributed by atoms with Gasteiger partial charge in [-0.3, -0.25) is 0 Å². The van der Waals surface area contributed by atoms with Crippen LogP contribution in [0.5, 0.6) is 0 Å². The first-order chi connectivity index (χ1) is 9.20. The molecule has 1 unspecified atom stereocenters. The topological polar surface area (TPSA) is 43.8 Å². The fraction of sp³-hybridized carbons (Fsp3) is 0.588. The van der Waals surface area contributed by atoms with Crippen molar-refractivity contribution in [3.05, 3.63) is 29.6 Å². The molecule has 0 radical (unpaired) electrons. The first-order valence-corrected chi connectivity index (χ1v) is 7.43. The Morgan fingerprint density at radius 3 is 2.45 bits per heavy atom. The van der Waals surface area contributed by atoms with Crippen molar-refractivity contribution in [2.75, 3.05) is 0 Å². The number of aromatic nitrogens is 2. The summed E-state index contributed by atoms with van der Waals surface area (Å²) >= 11 is 0. The minimum atomic E-state index is 0.0931. The van der Waals surface area contributed by atoms with Gasteiger partial charge in [-0.25, -0.2) is 4.98 Å². The molecule has 0 fully saturated rings. The van der Waals surface area contributed by atoms with Crippen LogP contribution >= 0.6 is 0 Å². The zero-order valence-corrected chi connectivity index (χ0v) is 13.6. The van der Waals surface area contributed by atoms with Crippen molar-refractivity contribution in [2.45, 2.75) is 60.0 Å². The predicted molar refractivity (Wildman–Crippen MR) is 86.0 cm³/mol. The lowest BCUT2D eigenvalue weighted by molar-refractivity contribution is 0.311. The summed E-state index contributed by atoms with van der Waals surface area (Å²) in [5.74, 6) is 1.10. The van der Waals surface area contributed by atoms with Crippen LogP contribution in [-0.4, -0.2) is 15.6 Å². The molecule has 0 amide bonds. The van der Waals surface area contributed by atoms with Crippen LogP contribution in [0.2, 0.25) is 0 Å². The van der Waals surface area contributed by atoms with E-state index < -0.39 is 0 Å². The SMILES string of the molecule is Cc1ccc2c(c1)nc(CC(N)C(C)(C)C)n2C(C)C. The fourth-order valence-corrected chi connectivity index (χ4v) is 2.48. The summed E-state index contributed by atoms with van der Waals surface area (Å²) in [7, 11) is 0. The minimum absolute atomic E-state index is 0.0931. The molecule has 3 heteroatoms. The van der Waals surface area contributed by atoms with Crippen LogP contribution in [0.15, 0.2) is 18.2 Å². The van der Waals surface area contributed by atoms with E-state index in [9.17, 15) is 0 Å². The second kappa shape index (κ2) is 5.21. The summed E-state index contributed by atoms with van der Waals surface area (Å²) in [6, 6.07) is 6.98. The highest BCUT2D eigenvalue weighted by Crippen LogP contribution is 2.26. The lowest BCUT2D eigenvalue weighted by atomic mass is 9.85. The summed E-state index contributed by atoms with van der Waals surface area (Å²) in [6.45, 7) is 13.1. The molecule has 2 aromatic rings. The van der Waals surface area contributed by atoms with Gasteiger partial charge in [-0.2, -0.15) is 0 Å². The normalized spacial score (nSPS) is 14.2. The van der Waals surface area contributed by atoms with Gasteiger partial charge in [0.2, 0.25) is 0 Å². The van der Waals surface area contributed by atoms with Crippen LogP contribution < -0.4 is 5.73 Å².